The first-order valence-corrected chi connectivity index (χ1v) is 6.32. The molecule has 4 heteroatoms. The van der Waals surface area contributed by atoms with Gasteiger partial charge in [-0.2, -0.15) is 0 Å². The lowest BCUT2D eigenvalue weighted by Crippen LogP contribution is -2.19. The zero-order valence-electron chi connectivity index (χ0n) is 10.6. The maximum Gasteiger partial charge on any atom is 0.314 e. The Morgan fingerprint density at radius 3 is 2.20 bits per heavy atom. The van der Waals surface area contributed by atoms with Crippen LogP contribution in [0.15, 0.2) is 42.5 Å². The van der Waals surface area contributed by atoms with E-state index in [4.69, 9.17) is 0 Å². The van der Waals surface area contributed by atoms with Crippen LogP contribution in [-0.4, -0.2) is 11.1 Å². The molecule has 3 rings (SSSR count). The molecule has 0 bridgehead atoms. The Morgan fingerprint density at radius 2 is 1.70 bits per heavy atom. The first-order chi connectivity index (χ1) is 9.53. The lowest BCUT2D eigenvalue weighted by Gasteiger charge is -2.11. The Hall–Kier alpha value is -2.23. The third-order valence-corrected chi connectivity index (χ3v) is 3.84. The van der Waals surface area contributed by atoms with Crippen LogP contribution in [0.5, 0.6) is 0 Å². The molecule has 0 aliphatic heterocycles. The lowest BCUT2D eigenvalue weighted by atomic mass is 9.94. The Bertz CT molecular complexity index is 673. The minimum atomic E-state index is -0.821. The number of hydrogen-bond donors (Lipinski definition) is 1. The fourth-order valence-corrected chi connectivity index (χ4v) is 2.44. The normalized spacial score (nSPS) is 15.9. The first-order valence-electron chi connectivity index (χ1n) is 6.32. The molecule has 0 saturated heterocycles. The molecule has 102 valence electrons. The number of carboxylic acids is 1. The van der Waals surface area contributed by atoms with Crippen molar-refractivity contribution in [1.82, 2.24) is 0 Å². The molecular formula is C16H12F2O2. The third-order valence-electron chi connectivity index (χ3n) is 3.84. The minimum absolute atomic E-state index is 0.304. The van der Waals surface area contributed by atoms with Crippen molar-refractivity contribution in [3.8, 4) is 11.1 Å². The van der Waals surface area contributed by atoms with Gasteiger partial charge in [-0.1, -0.05) is 24.3 Å². The van der Waals surface area contributed by atoms with Crippen LogP contribution < -0.4 is 0 Å². The maximum absolute atomic E-state index is 13.7. The van der Waals surface area contributed by atoms with Crippen molar-refractivity contribution in [3.05, 3.63) is 59.7 Å². The van der Waals surface area contributed by atoms with Gasteiger partial charge >= 0.3 is 5.97 Å². The summed E-state index contributed by atoms with van der Waals surface area (Å²) in [7, 11) is 0. The van der Waals surface area contributed by atoms with Gasteiger partial charge in [-0.3, -0.25) is 4.79 Å². The molecule has 0 aromatic heterocycles. The summed E-state index contributed by atoms with van der Waals surface area (Å²) < 4.78 is 26.6. The van der Waals surface area contributed by atoms with Gasteiger partial charge in [0.05, 0.1) is 5.41 Å². The molecular weight excluding hydrogens is 262 g/mol. The van der Waals surface area contributed by atoms with E-state index in [1.165, 1.54) is 12.1 Å². The van der Waals surface area contributed by atoms with Gasteiger partial charge in [0.2, 0.25) is 0 Å². The van der Waals surface area contributed by atoms with Gasteiger partial charge in [-0.15, -0.1) is 0 Å². The van der Waals surface area contributed by atoms with Crippen molar-refractivity contribution >= 4 is 5.97 Å². The summed E-state index contributed by atoms with van der Waals surface area (Å²) in [5.41, 5.74) is 0.877. The van der Waals surface area contributed by atoms with Gasteiger partial charge in [0.1, 0.15) is 11.6 Å². The first kappa shape index (κ1) is 12.8. The van der Waals surface area contributed by atoms with Crippen LogP contribution in [0.4, 0.5) is 8.78 Å². The zero-order chi connectivity index (χ0) is 14.3. The number of carbonyl (C=O) groups is 1. The van der Waals surface area contributed by atoms with E-state index in [2.05, 4.69) is 0 Å². The standard InChI is InChI=1S/C16H12F2O2/c17-12-5-6-13(14(18)9-12)10-1-3-11(4-2-10)16(7-8-16)15(19)20/h1-6,9H,7-8H2,(H,19,20). The molecule has 0 amide bonds. The van der Waals surface area contributed by atoms with Crippen LogP contribution in [-0.2, 0) is 10.2 Å². The number of benzene rings is 2. The van der Waals surface area contributed by atoms with E-state index in [1.807, 2.05) is 0 Å². The molecule has 1 saturated carbocycles. The summed E-state index contributed by atoms with van der Waals surface area (Å²) in [5, 5.41) is 9.22. The molecule has 2 aromatic carbocycles. The van der Waals surface area contributed by atoms with Crippen LogP contribution >= 0.6 is 0 Å². The van der Waals surface area contributed by atoms with Gasteiger partial charge in [-0.25, -0.2) is 8.78 Å². The summed E-state index contributed by atoms with van der Waals surface area (Å²) in [6, 6.07) is 10.2. The molecule has 1 N–H and O–H groups in total. The molecule has 0 spiro atoms. The summed E-state index contributed by atoms with van der Waals surface area (Å²) >= 11 is 0. The van der Waals surface area contributed by atoms with Crippen LogP contribution in [0.1, 0.15) is 18.4 Å². The Kier molecular flexibility index (Phi) is 2.82. The highest BCUT2D eigenvalue weighted by Gasteiger charge is 2.51. The monoisotopic (exact) mass is 274 g/mol. The van der Waals surface area contributed by atoms with Crippen LogP contribution in [0.2, 0.25) is 0 Å². The molecule has 0 unspecified atom stereocenters. The topological polar surface area (TPSA) is 37.3 Å². The second-order valence-corrected chi connectivity index (χ2v) is 5.09. The van der Waals surface area contributed by atoms with Crippen molar-refractivity contribution in [2.24, 2.45) is 0 Å². The predicted molar refractivity (Wildman–Crippen MR) is 70.3 cm³/mol. The molecule has 2 aromatic rings. The van der Waals surface area contributed by atoms with Crippen molar-refractivity contribution in [3.63, 3.8) is 0 Å². The molecule has 0 atom stereocenters. The molecule has 2 nitrogen and oxygen atoms in total. The highest BCUT2D eigenvalue weighted by molar-refractivity contribution is 5.85. The number of halogens is 2. The number of aliphatic carboxylic acids is 1. The Labute approximate surface area is 114 Å². The van der Waals surface area contributed by atoms with E-state index in [1.54, 1.807) is 24.3 Å². The molecule has 20 heavy (non-hydrogen) atoms. The number of carboxylic acid groups (broad SMARTS) is 1. The van der Waals surface area contributed by atoms with E-state index >= 15 is 0 Å². The SMILES string of the molecule is O=C(O)C1(c2ccc(-c3ccc(F)cc3F)cc2)CC1. The molecule has 1 aliphatic carbocycles. The van der Waals surface area contributed by atoms with Crippen molar-refractivity contribution < 1.29 is 18.7 Å². The van der Waals surface area contributed by atoms with Gasteiger partial charge in [0.15, 0.2) is 0 Å². The van der Waals surface area contributed by atoms with E-state index in [-0.39, 0.29) is 0 Å². The predicted octanol–water partition coefficient (Wildman–Crippen LogP) is 3.75. The quantitative estimate of drug-likeness (QED) is 0.925. The maximum atomic E-state index is 13.7. The highest BCUT2D eigenvalue weighted by Crippen LogP contribution is 2.48. The van der Waals surface area contributed by atoms with E-state index in [0.717, 1.165) is 11.6 Å². The van der Waals surface area contributed by atoms with E-state index < -0.39 is 23.0 Å². The molecule has 1 aliphatic rings. The average molecular weight is 274 g/mol. The fraction of sp³-hybridized carbons (Fsp3) is 0.188. The molecule has 0 radical (unpaired) electrons. The average Bonchev–Trinajstić information content (AvgIpc) is 3.20. The van der Waals surface area contributed by atoms with Gasteiger partial charge in [0.25, 0.3) is 0 Å². The molecule has 0 heterocycles. The number of hydrogen-bond acceptors (Lipinski definition) is 1. The largest absolute Gasteiger partial charge is 0.481 e. The van der Waals surface area contributed by atoms with E-state index in [9.17, 15) is 18.7 Å². The second kappa shape index (κ2) is 4.40. The highest BCUT2D eigenvalue weighted by atomic mass is 19.1. The van der Waals surface area contributed by atoms with Crippen LogP contribution in [0.25, 0.3) is 11.1 Å². The third kappa shape index (κ3) is 1.97. The molecule has 1 fully saturated rings. The summed E-state index contributed by atoms with van der Waals surface area (Å²) in [6.07, 6.45) is 1.26. The van der Waals surface area contributed by atoms with Crippen molar-refractivity contribution in [2.75, 3.05) is 0 Å². The Morgan fingerprint density at radius 1 is 1.05 bits per heavy atom. The van der Waals surface area contributed by atoms with Gasteiger partial charge in [0, 0.05) is 11.6 Å². The smallest absolute Gasteiger partial charge is 0.314 e. The van der Waals surface area contributed by atoms with Crippen molar-refractivity contribution in [1.29, 1.82) is 0 Å². The van der Waals surface area contributed by atoms with Gasteiger partial charge < -0.3 is 5.11 Å². The zero-order valence-corrected chi connectivity index (χ0v) is 10.6. The fourth-order valence-electron chi connectivity index (χ4n) is 2.44. The summed E-state index contributed by atoms with van der Waals surface area (Å²) in [5.74, 6) is -2.07. The summed E-state index contributed by atoms with van der Waals surface area (Å²) in [6.45, 7) is 0. The minimum Gasteiger partial charge on any atom is -0.481 e. The van der Waals surface area contributed by atoms with Crippen molar-refractivity contribution in [2.45, 2.75) is 18.3 Å². The summed E-state index contributed by atoms with van der Waals surface area (Å²) in [4.78, 5) is 11.2. The van der Waals surface area contributed by atoms with E-state index in [0.29, 0.717) is 24.0 Å². The Balaban J connectivity index is 1.96. The van der Waals surface area contributed by atoms with Crippen LogP contribution in [0.3, 0.4) is 0 Å². The van der Waals surface area contributed by atoms with Crippen LogP contribution in [0, 0.1) is 11.6 Å². The number of rotatable bonds is 3. The second-order valence-electron chi connectivity index (χ2n) is 5.09. The lowest BCUT2D eigenvalue weighted by molar-refractivity contribution is -0.140. The van der Waals surface area contributed by atoms with Gasteiger partial charge in [-0.05, 0) is 36.1 Å².